The molecule has 0 amide bonds. The van der Waals surface area contributed by atoms with Gasteiger partial charge in [-0.2, -0.15) is 0 Å². The highest BCUT2D eigenvalue weighted by Gasteiger charge is 2.25. The van der Waals surface area contributed by atoms with Crippen molar-refractivity contribution >= 4 is 64.2 Å². The van der Waals surface area contributed by atoms with E-state index in [4.69, 9.17) is 4.42 Å². The fourth-order valence-corrected chi connectivity index (χ4v) is 8.17. The predicted octanol–water partition coefficient (Wildman–Crippen LogP) is 11.5. The smallest absolute Gasteiger partial charge is 0.168 e. The normalized spacial score (nSPS) is 12.7. The number of furan rings is 1. The van der Waals surface area contributed by atoms with Crippen molar-refractivity contribution in [3.8, 4) is 67.5 Å². The number of phenols is 4. The van der Waals surface area contributed by atoms with Crippen molar-refractivity contribution < 1.29 is 24.8 Å². The van der Waals surface area contributed by atoms with Gasteiger partial charge in [-0.1, -0.05) is 134 Å². The summed E-state index contributed by atoms with van der Waals surface area (Å²) in [5.74, 6) is -1.92. The van der Waals surface area contributed by atoms with Crippen LogP contribution in [0.1, 0.15) is 30.0 Å². The standard InChI is InChI=1S/C50H37BO5/c1-2-3-5-14-31-28-40(36-25-26-38(34-19-9-8-18-33(34)36)45-47(52)49(54)46(51)50(55)48(45)53)35-17-6-4-7-20-37(35)43(31)30-16-12-15-29(27-30)32-22-13-24-42-44(32)39-21-10-11-23-41(39)56-42/h2-3,5-28,52-55H,4,51H2,1H3/b3-2-,14-5-. The molecular weight excluding hydrogens is 691 g/mol. The fraction of sp³-hybridized carbons (Fsp3) is 0.0400. The highest BCUT2D eigenvalue weighted by molar-refractivity contribution is 6.37. The highest BCUT2D eigenvalue weighted by Crippen LogP contribution is 2.50. The molecule has 1 aliphatic rings. The number of benzene rings is 7. The monoisotopic (exact) mass is 728 g/mol. The number of para-hydroxylation sites is 1. The summed E-state index contributed by atoms with van der Waals surface area (Å²) < 4.78 is 6.26. The Morgan fingerprint density at radius 1 is 0.554 bits per heavy atom. The third-order valence-electron chi connectivity index (χ3n) is 10.8. The molecule has 0 spiro atoms. The summed E-state index contributed by atoms with van der Waals surface area (Å²) in [6.07, 6.45) is 17.8. The zero-order chi connectivity index (χ0) is 38.5. The molecule has 4 N–H and O–H groups in total. The van der Waals surface area contributed by atoms with Crippen LogP contribution in [0.4, 0.5) is 0 Å². The van der Waals surface area contributed by atoms with Crippen molar-refractivity contribution in [2.45, 2.75) is 13.3 Å². The third kappa shape index (κ3) is 5.57. The molecule has 1 heterocycles. The van der Waals surface area contributed by atoms with Crippen molar-refractivity contribution in [3.63, 3.8) is 0 Å². The van der Waals surface area contributed by atoms with Crippen LogP contribution in [-0.4, -0.2) is 28.3 Å². The molecular formula is C50H37BO5. The first-order chi connectivity index (χ1) is 27.4. The van der Waals surface area contributed by atoms with Crippen LogP contribution in [0, 0.1) is 0 Å². The van der Waals surface area contributed by atoms with E-state index in [2.05, 4.69) is 85.0 Å². The zero-order valence-corrected chi connectivity index (χ0v) is 30.9. The number of allylic oxidation sites excluding steroid dienone is 5. The Bertz CT molecular complexity index is 2990. The van der Waals surface area contributed by atoms with E-state index in [1.54, 1.807) is 0 Å². The summed E-state index contributed by atoms with van der Waals surface area (Å²) >= 11 is 0. The van der Waals surface area contributed by atoms with Gasteiger partial charge < -0.3 is 24.8 Å². The van der Waals surface area contributed by atoms with Crippen molar-refractivity contribution in [2.24, 2.45) is 0 Å². The summed E-state index contributed by atoms with van der Waals surface area (Å²) in [5.41, 5.74) is 11.8. The van der Waals surface area contributed by atoms with Gasteiger partial charge in [0, 0.05) is 16.2 Å². The molecule has 270 valence electrons. The maximum atomic E-state index is 11.1. The molecule has 1 aromatic heterocycles. The highest BCUT2D eigenvalue weighted by atomic mass is 16.3. The predicted molar refractivity (Wildman–Crippen MR) is 234 cm³/mol. The lowest BCUT2D eigenvalue weighted by Gasteiger charge is -2.21. The maximum Gasteiger partial charge on any atom is 0.168 e. The van der Waals surface area contributed by atoms with E-state index in [0.29, 0.717) is 5.56 Å². The lowest BCUT2D eigenvalue weighted by molar-refractivity contribution is 0.381. The molecule has 0 radical (unpaired) electrons. The first kappa shape index (κ1) is 34.6. The number of hydrogen-bond acceptors (Lipinski definition) is 5. The van der Waals surface area contributed by atoms with E-state index >= 15 is 0 Å². The summed E-state index contributed by atoms with van der Waals surface area (Å²) in [4.78, 5) is 0. The number of fused-ring (bicyclic) bond motifs is 5. The van der Waals surface area contributed by atoms with E-state index in [-0.39, 0.29) is 11.0 Å². The second kappa shape index (κ2) is 13.9. The Kier molecular flexibility index (Phi) is 8.59. The molecule has 6 heteroatoms. The Morgan fingerprint density at radius 2 is 1.20 bits per heavy atom. The van der Waals surface area contributed by atoms with Crippen LogP contribution in [0.15, 0.2) is 144 Å². The Balaban J connectivity index is 1.29. The SMILES string of the molecule is Bc1c(O)c(O)c(-c2ccc(-c3cc(/C=C\C=C/C)c(-c4cccc(-c5cccc6oc7ccccc7c56)c4)c4c3C=CCC=C4)c3ccccc23)c(O)c1O. The second-order valence-electron chi connectivity index (χ2n) is 14.1. The summed E-state index contributed by atoms with van der Waals surface area (Å²) in [6, 6.07) is 37.0. The lowest BCUT2D eigenvalue weighted by Crippen LogP contribution is -2.05. The minimum atomic E-state index is -0.488. The average Bonchev–Trinajstić information content (AvgIpc) is 3.44. The van der Waals surface area contributed by atoms with Gasteiger partial charge >= 0.3 is 0 Å². The minimum absolute atomic E-state index is 0.00312. The molecule has 0 fully saturated rings. The van der Waals surface area contributed by atoms with Crippen molar-refractivity contribution in [3.05, 3.63) is 156 Å². The van der Waals surface area contributed by atoms with Crippen LogP contribution < -0.4 is 5.46 Å². The largest absolute Gasteiger partial charge is 0.505 e. The van der Waals surface area contributed by atoms with Gasteiger partial charge in [-0.15, -0.1) is 0 Å². The van der Waals surface area contributed by atoms with E-state index in [1.165, 1.54) is 7.85 Å². The van der Waals surface area contributed by atoms with Crippen LogP contribution in [0.5, 0.6) is 23.0 Å². The molecule has 0 saturated heterocycles. The molecule has 56 heavy (non-hydrogen) atoms. The maximum absolute atomic E-state index is 11.1. The summed E-state index contributed by atoms with van der Waals surface area (Å²) in [7, 11) is 1.44. The van der Waals surface area contributed by atoms with Crippen LogP contribution in [0.3, 0.4) is 0 Å². The number of hydrogen-bond donors (Lipinski definition) is 4. The van der Waals surface area contributed by atoms with Crippen LogP contribution in [0.2, 0.25) is 0 Å². The van der Waals surface area contributed by atoms with E-state index in [1.807, 2.05) is 79.7 Å². The van der Waals surface area contributed by atoms with Gasteiger partial charge in [0.1, 0.15) is 19.0 Å². The molecule has 0 aliphatic heterocycles. The molecule has 7 aromatic carbocycles. The van der Waals surface area contributed by atoms with Gasteiger partial charge in [0.2, 0.25) is 0 Å². The van der Waals surface area contributed by atoms with Gasteiger partial charge in [-0.05, 0) is 104 Å². The molecule has 0 bridgehead atoms. The molecule has 9 rings (SSSR count). The molecule has 0 atom stereocenters. The van der Waals surface area contributed by atoms with Crippen molar-refractivity contribution in [1.82, 2.24) is 0 Å². The van der Waals surface area contributed by atoms with Crippen LogP contribution >= 0.6 is 0 Å². The lowest BCUT2D eigenvalue weighted by atomic mass is 9.82. The van der Waals surface area contributed by atoms with Gasteiger partial charge in [0.25, 0.3) is 0 Å². The van der Waals surface area contributed by atoms with Gasteiger partial charge in [-0.3, -0.25) is 0 Å². The first-order valence-corrected chi connectivity index (χ1v) is 18.7. The van der Waals surface area contributed by atoms with Gasteiger partial charge in [0.15, 0.2) is 23.0 Å². The molecule has 8 aromatic rings. The van der Waals surface area contributed by atoms with Crippen LogP contribution in [-0.2, 0) is 0 Å². The van der Waals surface area contributed by atoms with Crippen molar-refractivity contribution in [2.75, 3.05) is 0 Å². The molecule has 0 saturated carbocycles. The van der Waals surface area contributed by atoms with Crippen molar-refractivity contribution in [1.29, 1.82) is 0 Å². The van der Waals surface area contributed by atoms with E-state index < -0.39 is 23.0 Å². The number of rotatable bonds is 6. The minimum Gasteiger partial charge on any atom is -0.505 e. The molecule has 1 aliphatic carbocycles. The second-order valence-corrected chi connectivity index (χ2v) is 14.1. The first-order valence-electron chi connectivity index (χ1n) is 18.7. The molecule has 0 unspecified atom stereocenters. The molecule has 5 nitrogen and oxygen atoms in total. The average molecular weight is 729 g/mol. The van der Waals surface area contributed by atoms with Crippen LogP contribution in [0.25, 0.3) is 95.4 Å². The summed E-state index contributed by atoms with van der Waals surface area (Å²) in [5, 5.41) is 47.3. The number of phenolic OH excluding ortho intramolecular Hbond substituents is 4. The summed E-state index contributed by atoms with van der Waals surface area (Å²) in [6.45, 7) is 2.00. The Labute approximate surface area is 325 Å². The van der Waals surface area contributed by atoms with Gasteiger partial charge in [0.05, 0.1) is 5.56 Å². The van der Waals surface area contributed by atoms with Gasteiger partial charge in [-0.25, -0.2) is 0 Å². The Hall–Kier alpha value is -7.18. The third-order valence-corrected chi connectivity index (χ3v) is 10.8. The van der Waals surface area contributed by atoms with E-state index in [0.717, 1.165) is 89.2 Å². The Morgan fingerprint density at radius 3 is 1.96 bits per heavy atom. The fourth-order valence-electron chi connectivity index (χ4n) is 8.17. The zero-order valence-electron chi connectivity index (χ0n) is 30.9. The number of aromatic hydroxyl groups is 4. The van der Waals surface area contributed by atoms with E-state index in [9.17, 15) is 20.4 Å². The quantitative estimate of drug-likeness (QED) is 0.0592. The topological polar surface area (TPSA) is 94.1 Å².